The quantitative estimate of drug-likeness (QED) is 0.730. The summed E-state index contributed by atoms with van der Waals surface area (Å²) in [5.41, 5.74) is 2.10. The first-order chi connectivity index (χ1) is 9.65. The van der Waals surface area contributed by atoms with Crippen LogP contribution in [0, 0.1) is 0 Å². The molecule has 1 aromatic carbocycles. The van der Waals surface area contributed by atoms with Crippen LogP contribution in [0.15, 0.2) is 48.7 Å². The van der Waals surface area contributed by atoms with Crippen LogP contribution in [0.4, 0.5) is 0 Å². The van der Waals surface area contributed by atoms with Gasteiger partial charge in [-0.05, 0) is 24.3 Å². The Hall–Kier alpha value is -2.46. The van der Waals surface area contributed by atoms with Gasteiger partial charge in [-0.3, -0.25) is 0 Å². The van der Waals surface area contributed by atoms with Crippen molar-refractivity contribution in [3.63, 3.8) is 0 Å². The Kier molecular flexibility index (Phi) is 3.08. The molecule has 0 atom stereocenters. The highest BCUT2D eigenvalue weighted by Gasteiger charge is 2.10. The molecule has 0 saturated carbocycles. The lowest BCUT2D eigenvalue weighted by Crippen LogP contribution is -1.99. The molecule has 2 aromatic heterocycles. The van der Waals surface area contributed by atoms with Crippen molar-refractivity contribution >= 4 is 28.5 Å². The second kappa shape index (κ2) is 4.90. The van der Waals surface area contributed by atoms with E-state index in [9.17, 15) is 9.90 Å². The second-order valence-corrected chi connectivity index (χ2v) is 4.64. The minimum absolute atomic E-state index is 0.186. The lowest BCUT2D eigenvalue weighted by Gasteiger charge is -2.05. The van der Waals surface area contributed by atoms with E-state index in [2.05, 4.69) is 9.97 Å². The maximum atomic E-state index is 11.2. The van der Waals surface area contributed by atoms with Gasteiger partial charge in [0, 0.05) is 17.1 Å². The van der Waals surface area contributed by atoms with E-state index in [1.165, 1.54) is 0 Å². The highest BCUT2D eigenvalue weighted by atomic mass is 35.5. The molecule has 98 valence electrons. The van der Waals surface area contributed by atoms with Gasteiger partial charge in [0.05, 0.1) is 16.8 Å². The Morgan fingerprint density at radius 2 is 1.95 bits per heavy atom. The van der Waals surface area contributed by atoms with Crippen LogP contribution in [0.5, 0.6) is 0 Å². The molecule has 0 aliphatic carbocycles. The van der Waals surface area contributed by atoms with Crippen LogP contribution in [0.2, 0.25) is 5.15 Å². The summed E-state index contributed by atoms with van der Waals surface area (Å²) in [6, 6.07) is 12.2. The number of carboxylic acid groups (broad SMARTS) is 1. The van der Waals surface area contributed by atoms with Crippen molar-refractivity contribution in [1.82, 2.24) is 9.97 Å². The minimum Gasteiger partial charge on any atom is -0.478 e. The first-order valence-corrected chi connectivity index (χ1v) is 6.28. The van der Waals surface area contributed by atoms with Crippen molar-refractivity contribution in [2.24, 2.45) is 0 Å². The van der Waals surface area contributed by atoms with Crippen molar-refractivity contribution in [3.8, 4) is 11.3 Å². The van der Waals surface area contributed by atoms with E-state index in [0.29, 0.717) is 16.4 Å². The molecule has 0 amide bonds. The molecule has 3 rings (SSSR count). The predicted molar refractivity (Wildman–Crippen MR) is 76.9 cm³/mol. The van der Waals surface area contributed by atoms with Crippen molar-refractivity contribution in [2.45, 2.75) is 0 Å². The molecule has 0 unspecified atom stereocenters. The van der Waals surface area contributed by atoms with Crippen molar-refractivity contribution < 1.29 is 9.90 Å². The highest BCUT2D eigenvalue weighted by Crippen LogP contribution is 2.23. The molecular weight excluding hydrogens is 276 g/mol. The molecule has 0 radical (unpaired) electrons. The molecule has 0 aliphatic heterocycles. The van der Waals surface area contributed by atoms with E-state index in [4.69, 9.17) is 11.6 Å². The molecule has 3 aromatic rings. The molecule has 20 heavy (non-hydrogen) atoms. The van der Waals surface area contributed by atoms with Gasteiger partial charge in [-0.1, -0.05) is 29.8 Å². The first kappa shape index (κ1) is 12.6. The van der Waals surface area contributed by atoms with E-state index in [-0.39, 0.29) is 5.56 Å². The zero-order valence-corrected chi connectivity index (χ0v) is 11.0. The molecular formula is C15H9ClN2O2. The average Bonchev–Trinajstić information content (AvgIpc) is 2.46. The number of fused-ring (bicyclic) bond motifs is 1. The standard InChI is InChI=1S/C15H9ClN2O2/c16-13-7-5-10(8-17-13)12-6-4-9-2-1-3-11(15(19)20)14(9)18-12/h1-8H,(H,19,20). The van der Waals surface area contributed by atoms with Gasteiger partial charge in [0.25, 0.3) is 0 Å². The lowest BCUT2D eigenvalue weighted by atomic mass is 10.1. The van der Waals surface area contributed by atoms with Gasteiger partial charge in [-0.2, -0.15) is 0 Å². The number of para-hydroxylation sites is 1. The van der Waals surface area contributed by atoms with Gasteiger partial charge in [0.2, 0.25) is 0 Å². The number of benzene rings is 1. The van der Waals surface area contributed by atoms with Crippen LogP contribution in [0.1, 0.15) is 10.4 Å². The summed E-state index contributed by atoms with van der Waals surface area (Å²) in [5.74, 6) is -0.991. The second-order valence-electron chi connectivity index (χ2n) is 4.25. The van der Waals surface area contributed by atoms with Gasteiger partial charge in [0.15, 0.2) is 0 Å². The van der Waals surface area contributed by atoms with Crippen molar-refractivity contribution in [2.75, 3.05) is 0 Å². The fraction of sp³-hybridized carbons (Fsp3) is 0. The number of nitrogens with zero attached hydrogens (tertiary/aromatic N) is 2. The molecule has 0 saturated heterocycles. The number of aromatic nitrogens is 2. The SMILES string of the molecule is O=C(O)c1cccc2ccc(-c3ccc(Cl)nc3)nc12. The van der Waals surface area contributed by atoms with Gasteiger partial charge < -0.3 is 5.11 Å². The van der Waals surface area contributed by atoms with Gasteiger partial charge in [-0.15, -0.1) is 0 Å². The number of hydrogen-bond acceptors (Lipinski definition) is 3. The van der Waals surface area contributed by atoms with E-state index in [0.717, 1.165) is 10.9 Å². The van der Waals surface area contributed by atoms with Crippen LogP contribution in [-0.2, 0) is 0 Å². The van der Waals surface area contributed by atoms with Crippen molar-refractivity contribution in [1.29, 1.82) is 0 Å². The largest absolute Gasteiger partial charge is 0.478 e. The van der Waals surface area contributed by atoms with Crippen molar-refractivity contribution in [3.05, 3.63) is 59.4 Å². The van der Waals surface area contributed by atoms with Gasteiger partial charge >= 0.3 is 5.97 Å². The Balaban J connectivity index is 2.21. The number of halogens is 1. The summed E-state index contributed by atoms with van der Waals surface area (Å²) in [5, 5.41) is 10.4. The zero-order valence-electron chi connectivity index (χ0n) is 10.2. The number of pyridine rings is 2. The lowest BCUT2D eigenvalue weighted by molar-refractivity contribution is 0.0699. The van der Waals surface area contributed by atoms with Gasteiger partial charge in [0.1, 0.15) is 5.15 Å². The number of hydrogen-bond donors (Lipinski definition) is 1. The smallest absolute Gasteiger partial charge is 0.337 e. The minimum atomic E-state index is -0.991. The average molecular weight is 285 g/mol. The summed E-state index contributed by atoms with van der Waals surface area (Å²) < 4.78 is 0. The summed E-state index contributed by atoms with van der Waals surface area (Å²) in [4.78, 5) is 19.7. The third kappa shape index (κ3) is 2.21. The summed E-state index contributed by atoms with van der Waals surface area (Å²) in [7, 11) is 0. The van der Waals surface area contributed by atoms with E-state index >= 15 is 0 Å². The summed E-state index contributed by atoms with van der Waals surface area (Å²) >= 11 is 5.75. The summed E-state index contributed by atoms with van der Waals surface area (Å²) in [6.07, 6.45) is 1.61. The van der Waals surface area contributed by atoms with Crippen LogP contribution in [-0.4, -0.2) is 21.0 Å². The van der Waals surface area contributed by atoms with Crippen LogP contribution >= 0.6 is 11.6 Å². The number of carboxylic acids is 1. The van der Waals surface area contributed by atoms with Gasteiger partial charge in [-0.25, -0.2) is 14.8 Å². The van der Waals surface area contributed by atoms with Crippen LogP contribution < -0.4 is 0 Å². The van der Waals surface area contributed by atoms with Crippen LogP contribution in [0.25, 0.3) is 22.2 Å². The predicted octanol–water partition coefficient (Wildman–Crippen LogP) is 3.65. The number of aromatic carboxylic acids is 1. The topological polar surface area (TPSA) is 63.1 Å². The zero-order chi connectivity index (χ0) is 14.1. The molecule has 0 fully saturated rings. The third-order valence-electron chi connectivity index (χ3n) is 2.97. The normalized spacial score (nSPS) is 10.7. The Morgan fingerprint density at radius 3 is 2.65 bits per heavy atom. The molecule has 2 heterocycles. The number of rotatable bonds is 2. The monoisotopic (exact) mass is 284 g/mol. The number of carbonyl (C=O) groups is 1. The molecule has 0 spiro atoms. The summed E-state index contributed by atoms with van der Waals surface area (Å²) in [6.45, 7) is 0. The fourth-order valence-corrected chi connectivity index (χ4v) is 2.12. The van der Waals surface area contributed by atoms with E-state index in [1.54, 1.807) is 30.5 Å². The maximum absolute atomic E-state index is 11.2. The third-order valence-corrected chi connectivity index (χ3v) is 3.20. The molecule has 0 bridgehead atoms. The highest BCUT2D eigenvalue weighted by molar-refractivity contribution is 6.29. The molecule has 5 heteroatoms. The molecule has 1 N–H and O–H groups in total. The van der Waals surface area contributed by atoms with Crippen LogP contribution in [0.3, 0.4) is 0 Å². The van der Waals surface area contributed by atoms with E-state index < -0.39 is 5.97 Å². The fourth-order valence-electron chi connectivity index (χ4n) is 2.01. The van der Waals surface area contributed by atoms with E-state index in [1.807, 2.05) is 18.2 Å². The molecule has 0 aliphatic rings. The Morgan fingerprint density at radius 1 is 1.10 bits per heavy atom. The Labute approximate surface area is 119 Å². The maximum Gasteiger partial charge on any atom is 0.337 e. The first-order valence-electron chi connectivity index (χ1n) is 5.90. The Bertz CT molecular complexity index is 801. The molecule has 4 nitrogen and oxygen atoms in total.